The van der Waals surface area contributed by atoms with Crippen LogP contribution in [0.5, 0.6) is 5.75 Å². The molecule has 0 radical (unpaired) electrons. The minimum absolute atomic E-state index is 0.154. The Kier molecular flexibility index (Phi) is 5.00. The van der Waals surface area contributed by atoms with Gasteiger partial charge >= 0.3 is 11.9 Å². The summed E-state index contributed by atoms with van der Waals surface area (Å²) < 4.78 is 15.9. The van der Waals surface area contributed by atoms with Crippen molar-refractivity contribution >= 4 is 29.6 Å². The topological polar surface area (TPSA) is 61.8 Å². The largest absolute Gasteiger partial charge is 0.489 e. The molecular weight excluding hydrogens is 356 g/mol. The first kappa shape index (κ1) is 18.0. The Bertz CT molecular complexity index is 846. The highest BCUT2D eigenvalue weighted by Gasteiger charge is 2.38. The molecule has 134 valence electrons. The van der Waals surface area contributed by atoms with Crippen LogP contribution in [-0.4, -0.2) is 17.7 Å². The molecule has 1 aliphatic rings. The molecule has 0 bridgehead atoms. The minimum Gasteiger partial charge on any atom is -0.489 e. The summed E-state index contributed by atoms with van der Waals surface area (Å²) in [6.07, 6.45) is 1.43. The van der Waals surface area contributed by atoms with Crippen LogP contribution in [0.1, 0.15) is 25.0 Å². The van der Waals surface area contributed by atoms with Crippen molar-refractivity contribution in [1.29, 1.82) is 0 Å². The van der Waals surface area contributed by atoms with Crippen LogP contribution in [0.3, 0.4) is 0 Å². The number of halogens is 1. The Morgan fingerprint density at radius 2 is 1.69 bits per heavy atom. The van der Waals surface area contributed by atoms with Gasteiger partial charge in [0.05, 0.1) is 0 Å². The van der Waals surface area contributed by atoms with Crippen LogP contribution in [0.2, 0.25) is 5.02 Å². The van der Waals surface area contributed by atoms with Crippen LogP contribution in [0.15, 0.2) is 54.1 Å². The lowest BCUT2D eigenvalue weighted by atomic mass is 10.1. The smallest absolute Gasteiger partial charge is 0.348 e. The van der Waals surface area contributed by atoms with Crippen molar-refractivity contribution in [3.63, 3.8) is 0 Å². The van der Waals surface area contributed by atoms with Crippen LogP contribution in [-0.2, 0) is 25.7 Å². The molecule has 0 unspecified atom stereocenters. The first-order valence-electron chi connectivity index (χ1n) is 7.98. The fourth-order valence-corrected chi connectivity index (χ4v) is 2.51. The molecule has 0 saturated carbocycles. The number of ether oxygens (including phenoxy) is 3. The van der Waals surface area contributed by atoms with Crippen molar-refractivity contribution < 1.29 is 23.8 Å². The Balaban J connectivity index is 1.74. The van der Waals surface area contributed by atoms with E-state index in [9.17, 15) is 9.59 Å². The first-order valence-corrected chi connectivity index (χ1v) is 8.36. The van der Waals surface area contributed by atoms with Crippen molar-refractivity contribution in [1.82, 2.24) is 0 Å². The molecule has 1 fully saturated rings. The van der Waals surface area contributed by atoms with E-state index >= 15 is 0 Å². The van der Waals surface area contributed by atoms with Crippen LogP contribution in [0.4, 0.5) is 0 Å². The van der Waals surface area contributed by atoms with Gasteiger partial charge < -0.3 is 14.2 Å². The summed E-state index contributed by atoms with van der Waals surface area (Å²) in [5.41, 5.74) is 1.45. The van der Waals surface area contributed by atoms with Crippen molar-refractivity contribution in [2.24, 2.45) is 0 Å². The third-order valence-electron chi connectivity index (χ3n) is 3.60. The average molecular weight is 373 g/mol. The molecule has 0 aliphatic carbocycles. The Hall–Kier alpha value is -2.79. The Morgan fingerprint density at radius 1 is 1.04 bits per heavy atom. The lowest BCUT2D eigenvalue weighted by Gasteiger charge is -2.29. The zero-order valence-corrected chi connectivity index (χ0v) is 15.1. The summed E-state index contributed by atoms with van der Waals surface area (Å²) in [6.45, 7) is 3.38. The van der Waals surface area contributed by atoms with Gasteiger partial charge in [0.2, 0.25) is 0 Å². The number of cyclic esters (lactones) is 2. The number of hydrogen-bond acceptors (Lipinski definition) is 5. The van der Waals surface area contributed by atoms with E-state index < -0.39 is 17.7 Å². The zero-order valence-electron chi connectivity index (χ0n) is 14.3. The first-order chi connectivity index (χ1) is 12.3. The predicted molar refractivity (Wildman–Crippen MR) is 96.5 cm³/mol. The van der Waals surface area contributed by atoms with Gasteiger partial charge in [-0.3, -0.25) is 0 Å². The van der Waals surface area contributed by atoms with Crippen molar-refractivity contribution in [2.45, 2.75) is 26.2 Å². The van der Waals surface area contributed by atoms with Crippen molar-refractivity contribution in [3.8, 4) is 5.75 Å². The second-order valence-electron chi connectivity index (χ2n) is 6.22. The van der Waals surface area contributed by atoms with E-state index in [2.05, 4.69) is 0 Å². The summed E-state index contributed by atoms with van der Waals surface area (Å²) in [6, 6.07) is 14.4. The normalized spacial score (nSPS) is 15.9. The number of benzene rings is 2. The molecule has 2 aromatic carbocycles. The molecule has 3 rings (SSSR count). The molecule has 1 aliphatic heterocycles. The standard InChI is InChI=1S/C20H17ClO5/c1-20(2)25-18(22)17(19(23)26-20)11-14-4-3-5-16(10-14)24-12-13-6-8-15(21)9-7-13/h3-11H,12H2,1-2H3. The maximum Gasteiger partial charge on any atom is 0.348 e. The average Bonchev–Trinajstić information content (AvgIpc) is 2.57. The Labute approximate surface area is 156 Å². The van der Waals surface area contributed by atoms with Crippen molar-refractivity contribution in [2.75, 3.05) is 0 Å². The van der Waals surface area contributed by atoms with Gasteiger partial charge in [0.1, 0.15) is 17.9 Å². The quantitative estimate of drug-likeness (QED) is 0.458. The van der Waals surface area contributed by atoms with Gasteiger partial charge in [-0.1, -0.05) is 35.9 Å². The summed E-state index contributed by atoms with van der Waals surface area (Å²) >= 11 is 5.86. The summed E-state index contributed by atoms with van der Waals surface area (Å²) in [5, 5.41) is 0.664. The van der Waals surface area contributed by atoms with Gasteiger partial charge in [-0.05, 0) is 41.5 Å². The second-order valence-corrected chi connectivity index (χ2v) is 6.66. The number of carbonyl (C=O) groups excluding carboxylic acids is 2. The molecular formula is C20H17ClO5. The molecule has 26 heavy (non-hydrogen) atoms. The molecule has 6 heteroatoms. The highest BCUT2D eigenvalue weighted by atomic mass is 35.5. The monoisotopic (exact) mass is 372 g/mol. The van der Waals surface area contributed by atoms with E-state index in [0.29, 0.717) is 22.9 Å². The van der Waals surface area contributed by atoms with Gasteiger partial charge in [-0.25, -0.2) is 9.59 Å². The molecule has 2 aromatic rings. The second kappa shape index (κ2) is 7.22. The van der Waals surface area contributed by atoms with E-state index in [1.165, 1.54) is 19.9 Å². The van der Waals surface area contributed by atoms with E-state index in [1.807, 2.05) is 12.1 Å². The molecule has 0 amide bonds. The number of rotatable bonds is 4. The van der Waals surface area contributed by atoms with Gasteiger partial charge in [0.15, 0.2) is 0 Å². The van der Waals surface area contributed by atoms with Crippen LogP contribution < -0.4 is 4.74 Å². The minimum atomic E-state index is -1.25. The highest BCUT2D eigenvalue weighted by molar-refractivity contribution is 6.30. The molecule has 0 spiro atoms. The van der Waals surface area contributed by atoms with E-state index in [0.717, 1.165) is 5.56 Å². The number of hydrogen-bond donors (Lipinski definition) is 0. The number of carbonyl (C=O) groups is 2. The third kappa shape index (κ3) is 4.43. The summed E-state index contributed by atoms with van der Waals surface area (Å²) in [5.74, 6) is -2.07. The van der Waals surface area contributed by atoms with E-state index in [4.69, 9.17) is 25.8 Å². The third-order valence-corrected chi connectivity index (χ3v) is 3.86. The zero-order chi connectivity index (χ0) is 18.7. The van der Waals surface area contributed by atoms with Gasteiger partial charge in [0, 0.05) is 18.9 Å². The van der Waals surface area contributed by atoms with Crippen molar-refractivity contribution in [3.05, 3.63) is 70.3 Å². The lowest BCUT2D eigenvalue weighted by molar-refractivity contribution is -0.222. The molecule has 5 nitrogen and oxygen atoms in total. The van der Waals surface area contributed by atoms with E-state index in [1.54, 1.807) is 36.4 Å². The predicted octanol–water partition coefficient (Wildman–Crippen LogP) is 4.14. The molecule has 0 atom stereocenters. The summed E-state index contributed by atoms with van der Waals surface area (Å²) in [4.78, 5) is 24.0. The molecule has 1 heterocycles. The Morgan fingerprint density at radius 3 is 2.35 bits per heavy atom. The van der Waals surface area contributed by atoms with Crippen LogP contribution >= 0.6 is 11.6 Å². The maximum atomic E-state index is 12.0. The molecule has 0 aromatic heterocycles. The highest BCUT2D eigenvalue weighted by Crippen LogP contribution is 2.25. The van der Waals surface area contributed by atoms with Gasteiger partial charge in [-0.2, -0.15) is 0 Å². The molecule has 1 saturated heterocycles. The summed E-state index contributed by atoms with van der Waals surface area (Å²) in [7, 11) is 0. The van der Waals surface area contributed by atoms with Crippen LogP contribution in [0.25, 0.3) is 6.08 Å². The van der Waals surface area contributed by atoms with Gasteiger partial charge in [0.25, 0.3) is 5.79 Å². The van der Waals surface area contributed by atoms with Gasteiger partial charge in [-0.15, -0.1) is 0 Å². The lowest BCUT2D eigenvalue weighted by Crippen LogP contribution is -2.41. The SMILES string of the molecule is CC1(C)OC(=O)C(=Cc2cccc(OCc3ccc(Cl)cc3)c2)C(=O)O1. The fraction of sp³-hybridized carbons (Fsp3) is 0.200. The molecule has 0 N–H and O–H groups in total. The van der Waals surface area contributed by atoms with Crippen LogP contribution in [0, 0.1) is 0 Å². The fourth-order valence-electron chi connectivity index (χ4n) is 2.39. The number of esters is 2. The maximum absolute atomic E-state index is 12.0. The van der Waals surface area contributed by atoms with E-state index in [-0.39, 0.29) is 5.57 Å².